The average Bonchev–Trinajstić information content (AvgIpc) is 2.92. The highest BCUT2D eigenvalue weighted by Gasteiger charge is 2.03. The van der Waals surface area contributed by atoms with Gasteiger partial charge in [0.15, 0.2) is 12.4 Å². The van der Waals surface area contributed by atoms with Crippen LogP contribution in [0, 0.1) is 0 Å². The lowest BCUT2D eigenvalue weighted by Crippen LogP contribution is -2.33. The minimum Gasteiger partial charge on any atom is -0.748 e. The van der Waals surface area contributed by atoms with Crippen LogP contribution in [0.3, 0.4) is 0 Å². The van der Waals surface area contributed by atoms with Crippen LogP contribution in [0.1, 0.15) is 114 Å². The Morgan fingerprint density at radius 1 is 0.692 bits per heavy atom. The average molecular weight is 557 g/mol. The molecule has 0 bridgehead atoms. The summed E-state index contributed by atoms with van der Waals surface area (Å²) in [5, 5.41) is 0. The van der Waals surface area contributed by atoms with Crippen molar-refractivity contribution in [3.05, 3.63) is 59.9 Å². The second kappa shape index (κ2) is 19.8. The van der Waals surface area contributed by atoms with Gasteiger partial charge in [-0.3, -0.25) is 0 Å². The second-order valence-corrected chi connectivity index (χ2v) is 12.5. The molecule has 1 aromatic carbocycles. The van der Waals surface area contributed by atoms with Crippen molar-refractivity contribution in [1.82, 2.24) is 0 Å². The molecule has 0 aliphatic carbocycles. The fraction of sp³-hybridized carbons (Fsp3) is 0.606. The molecule has 6 heteroatoms. The monoisotopic (exact) mass is 556 g/mol. The lowest BCUT2D eigenvalue weighted by molar-refractivity contribution is -0.696. The number of aryl methyl sites for hydroxylation is 1. The summed E-state index contributed by atoms with van der Waals surface area (Å²) < 4.78 is 34.1. The number of hydrogen-bond donors (Lipinski definition) is 0. The van der Waals surface area contributed by atoms with E-state index in [1.54, 1.807) is 0 Å². The van der Waals surface area contributed by atoms with E-state index < -0.39 is 10.1 Å². The fourth-order valence-electron chi connectivity index (χ4n) is 4.86. The van der Waals surface area contributed by atoms with Gasteiger partial charge in [-0.2, -0.15) is 0 Å². The van der Waals surface area contributed by atoms with Gasteiger partial charge in [0.1, 0.15) is 6.54 Å². The minimum atomic E-state index is -4.14. The standard InChI is InChI=1S/C33H52N2O3S/c1-3-4-5-6-7-8-9-10-11-12-13-14-15-16-26-34(2)33-22-20-31(21-23-33)18-19-32-24-28-35(29-25-32)27-17-30-39(36,37)38/h18-25,28-29H,3-17,26-27,30H2,1-2H3. The molecule has 2 rings (SSSR count). The van der Waals surface area contributed by atoms with Crippen molar-refractivity contribution in [2.75, 3.05) is 24.2 Å². The van der Waals surface area contributed by atoms with Crippen molar-refractivity contribution in [3.8, 4) is 0 Å². The predicted octanol–water partition coefficient (Wildman–Crippen LogP) is 8.00. The number of benzene rings is 1. The van der Waals surface area contributed by atoms with E-state index in [0.29, 0.717) is 13.0 Å². The number of anilines is 1. The van der Waals surface area contributed by atoms with Crippen LogP contribution in [0.2, 0.25) is 0 Å². The zero-order chi connectivity index (χ0) is 28.2. The molecular weight excluding hydrogens is 504 g/mol. The van der Waals surface area contributed by atoms with E-state index in [-0.39, 0.29) is 5.75 Å². The van der Waals surface area contributed by atoms with Gasteiger partial charge >= 0.3 is 0 Å². The van der Waals surface area contributed by atoms with Gasteiger partial charge in [-0.25, -0.2) is 13.0 Å². The Hall–Kier alpha value is -2.18. The Balaban J connectivity index is 1.56. The third-order valence-corrected chi connectivity index (χ3v) is 8.17. The third kappa shape index (κ3) is 16.5. The molecule has 0 amide bonds. The molecule has 0 fully saturated rings. The molecule has 0 aliphatic heterocycles. The molecule has 1 aromatic heterocycles. The summed E-state index contributed by atoms with van der Waals surface area (Å²) in [6.07, 6.45) is 27.8. The lowest BCUT2D eigenvalue weighted by Gasteiger charge is -2.19. The molecule has 0 atom stereocenters. The highest BCUT2D eigenvalue weighted by atomic mass is 32.2. The normalized spacial score (nSPS) is 11.9. The first-order valence-electron chi connectivity index (χ1n) is 15.3. The summed E-state index contributed by atoms with van der Waals surface area (Å²) in [5.41, 5.74) is 3.48. The number of hydrogen-bond acceptors (Lipinski definition) is 4. The van der Waals surface area contributed by atoms with Gasteiger partial charge in [0.2, 0.25) is 0 Å². The van der Waals surface area contributed by atoms with Gasteiger partial charge in [-0.15, -0.1) is 0 Å². The maximum absolute atomic E-state index is 10.7. The molecule has 0 radical (unpaired) electrons. The van der Waals surface area contributed by atoms with E-state index in [9.17, 15) is 13.0 Å². The van der Waals surface area contributed by atoms with Crippen LogP contribution in [0.5, 0.6) is 0 Å². The van der Waals surface area contributed by atoms with E-state index >= 15 is 0 Å². The molecule has 218 valence electrons. The topological polar surface area (TPSA) is 64.3 Å². The van der Waals surface area contributed by atoms with Gasteiger partial charge in [0.05, 0.1) is 10.1 Å². The third-order valence-electron chi connectivity index (χ3n) is 7.38. The van der Waals surface area contributed by atoms with Crippen molar-refractivity contribution in [2.24, 2.45) is 0 Å². The first-order valence-corrected chi connectivity index (χ1v) is 16.9. The minimum absolute atomic E-state index is 0.325. The summed E-state index contributed by atoms with van der Waals surface area (Å²) in [6, 6.07) is 12.7. The van der Waals surface area contributed by atoms with E-state index in [1.165, 1.54) is 95.6 Å². The van der Waals surface area contributed by atoms with Crippen molar-refractivity contribution in [1.29, 1.82) is 0 Å². The van der Waals surface area contributed by atoms with Crippen molar-refractivity contribution in [2.45, 2.75) is 110 Å². The van der Waals surface area contributed by atoms with E-state index in [4.69, 9.17) is 0 Å². The molecule has 0 saturated heterocycles. The van der Waals surface area contributed by atoms with Crippen LogP contribution < -0.4 is 9.47 Å². The van der Waals surface area contributed by atoms with Gasteiger partial charge in [-0.1, -0.05) is 115 Å². The first kappa shape index (κ1) is 33.0. The largest absolute Gasteiger partial charge is 0.748 e. The van der Waals surface area contributed by atoms with Gasteiger partial charge in [0.25, 0.3) is 0 Å². The molecule has 0 N–H and O–H groups in total. The van der Waals surface area contributed by atoms with Crippen LogP contribution >= 0.6 is 0 Å². The van der Waals surface area contributed by atoms with Crippen molar-refractivity contribution >= 4 is 28.0 Å². The van der Waals surface area contributed by atoms with Crippen molar-refractivity contribution < 1.29 is 17.5 Å². The molecule has 0 saturated carbocycles. The zero-order valence-corrected chi connectivity index (χ0v) is 25.3. The molecular formula is C33H52N2O3S. The maximum Gasteiger partial charge on any atom is 0.169 e. The number of rotatable bonds is 22. The molecule has 2 aromatic rings. The first-order chi connectivity index (χ1) is 18.9. The highest BCUT2D eigenvalue weighted by Crippen LogP contribution is 2.17. The Kier molecular flexibility index (Phi) is 16.8. The molecule has 0 spiro atoms. The predicted molar refractivity (Wildman–Crippen MR) is 165 cm³/mol. The highest BCUT2D eigenvalue weighted by molar-refractivity contribution is 7.85. The maximum atomic E-state index is 10.7. The summed E-state index contributed by atoms with van der Waals surface area (Å²) in [4.78, 5) is 2.35. The number of nitrogens with zero attached hydrogens (tertiary/aromatic N) is 2. The van der Waals surface area contributed by atoms with Crippen LogP contribution in [0.15, 0.2) is 48.8 Å². The Bertz CT molecular complexity index is 1020. The molecule has 39 heavy (non-hydrogen) atoms. The van der Waals surface area contributed by atoms with E-state index in [2.05, 4.69) is 55.3 Å². The summed E-state index contributed by atoms with van der Waals surface area (Å²) in [6.45, 7) is 3.89. The van der Waals surface area contributed by atoms with E-state index in [0.717, 1.165) is 17.7 Å². The summed E-state index contributed by atoms with van der Waals surface area (Å²) in [5.74, 6) is -0.327. The number of pyridine rings is 1. The molecule has 1 heterocycles. The fourth-order valence-corrected chi connectivity index (χ4v) is 5.34. The molecule has 0 unspecified atom stereocenters. The molecule has 0 aliphatic rings. The van der Waals surface area contributed by atoms with Crippen LogP contribution in [0.4, 0.5) is 5.69 Å². The Morgan fingerprint density at radius 3 is 1.64 bits per heavy atom. The quantitative estimate of drug-likeness (QED) is 0.0837. The Morgan fingerprint density at radius 2 is 1.15 bits per heavy atom. The number of aromatic nitrogens is 1. The van der Waals surface area contributed by atoms with Gasteiger partial charge in [-0.05, 0) is 29.7 Å². The van der Waals surface area contributed by atoms with Gasteiger partial charge in [0, 0.05) is 43.6 Å². The van der Waals surface area contributed by atoms with Crippen LogP contribution in [-0.4, -0.2) is 32.3 Å². The van der Waals surface area contributed by atoms with Crippen molar-refractivity contribution in [3.63, 3.8) is 0 Å². The summed E-state index contributed by atoms with van der Waals surface area (Å²) in [7, 11) is -1.96. The second-order valence-electron chi connectivity index (χ2n) is 10.9. The Labute approximate surface area is 239 Å². The van der Waals surface area contributed by atoms with E-state index in [1.807, 2.05) is 29.1 Å². The molecule has 5 nitrogen and oxygen atoms in total. The SMILES string of the molecule is CCCCCCCCCCCCCCCCN(C)c1ccc(/C=C/c2cc[n+](CCCS(=O)(=O)[O-])cc2)cc1. The smallest absolute Gasteiger partial charge is 0.169 e. The van der Waals surface area contributed by atoms with Crippen LogP contribution in [-0.2, 0) is 16.7 Å². The van der Waals surface area contributed by atoms with Crippen LogP contribution in [0.25, 0.3) is 12.2 Å². The number of unbranched alkanes of at least 4 members (excludes halogenated alkanes) is 13. The van der Waals surface area contributed by atoms with Gasteiger partial charge < -0.3 is 9.45 Å². The lowest BCUT2D eigenvalue weighted by atomic mass is 10.0. The summed E-state index contributed by atoms with van der Waals surface area (Å²) >= 11 is 0. The zero-order valence-electron chi connectivity index (χ0n) is 24.5.